The van der Waals surface area contributed by atoms with E-state index in [1.54, 1.807) is 0 Å². The van der Waals surface area contributed by atoms with Crippen LogP contribution in [0.5, 0.6) is 0 Å². The summed E-state index contributed by atoms with van der Waals surface area (Å²) in [5.41, 5.74) is 9.94. The zero-order valence-electron chi connectivity index (χ0n) is 20.3. The van der Waals surface area contributed by atoms with Crippen LogP contribution in [0.4, 0.5) is 0 Å². The van der Waals surface area contributed by atoms with Crippen molar-refractivity contribution >= 4 is 49.9 Å². The Bertz CT molecular complexity index is 1850. The van der Waals surface area contributed by atoms with E-state index in [2.05, 4.69) is 97.1 Å². The molecule has 0 saturated heterocycles. The van der Waals surface area contributed by atoms with Gasteiger partial charge in [-0.1, -0.05) is 85.0 Å². The van der Waals surface area contributed by atoms with Gasteiger partial charge >= 0.3 is 0 Å². The van der Waals surface area contributed by atoms with Gasteiger partial charge in [0.25, 0.3) is 0 Å². The first-order valence-electron chi connectivity index (χ1n) is 13.0. The van der Waals surface area contributed by atoms with Crippen LogP contribution in [-0.2, 0) is 6.42 Å². The topological polar surface area (TPSA) is 25.2 Å². The first kappa shape index (κ1) is 21.0. The molecule has 3 aromatic carbocycles. The number of allylic oxidation sites excluding steroid dienone is 2. The van der Waals surface area contributed by atoms with Crippen molar-refractivity contribution in [3.63, 3.8) is 0 Å². The van der Waals surface area contributed by atoms with Crippen molar-refractivity contribution in [1.29, 1.82) is 0 Å². The first-order chi connectivity index (χ1) is 18.3. The van der Waals surface area contributed by atoms with Crippen molar-refractivity contribution < 1.29 is 0 Å². The Kier molecular flexibility index (Phi) is 4.68. The van der Waals surface area contributed by atoms with Crippen LogP contribution in [0.3, 0.4) is 0 Å². The molecule has 176 valence electrons. The van der Waals surface area contributed by atoms with E-state index in [0.29, 0.717) is 5.92 Å². The average molecular weight is 493 g/mol. The van der Waals surface area contributed by atoms with Gasteiger partial charge in [0.2, 0.25) is 0 Å². The van der Waals surface area contributed by atoms with E-state index in [-0.39, 0.29) is 6.04 Å². The van der Waals surface area contributed by atoms with Gasteiger partial charge in [-0.2, -0.15) is 0 Å². The van der Waals surface area contributed by atoms with E-state index >= 15 is 0 Å². The highest BCUT2D eigenvalue weighted by atomic mass is 32.1. The lowest BCUT2D eigenvalue weighted by Gasteiger charge is -2.26. The Balaban J connectivity index is 1.31. The number of nitrogens with zero attached hydrogens (tertiary/aromatic N) is 2. The number of aliphatic imine (C=N–C) groups is 1. The van der Waals surface area contributed by atoms with Crippen LogP contribution >= 0.6 is 11.3 Å². The molecule has 2 unspecified atom stereocenters. The summed E-state index contributed by atoms with van der Waals surface area (Å²) >= 11 is 1.90. The van der Waals surface area contributed by atoms with E-state index in [9.17, 15) is 0 Å². The van der Waals surface area contributed by atoms with Crippen LogP contribution in [0.1, 0.15) is 34.8 Å². The Labute approximate surface area is 220 Å². The Morgan fingerprint density at radius 1 is 0.784 bits per heavy atom. The highest BCUT2D eigenvalue weighted by molar-refractivity contribution is 7.26. The molecule has 3 heterocycles. The van der Waals surface area contributed by atoms with Crippen molar-refractivity contribution in [2.75, 3.05) is 0 Å². The number of hydrogen-bond acceptors (Lipinski definition) is 3. The molecule has 1 aliphatic heterocycles. The maximum absolute atomic E-state index is 5.24. The summed E-state index contributed by atoms with van der Waals surface area (Å²) in [6.07, 6.45) is 17.4. The van der Waals surface area contributed by atoms with Gasteiger partial charge < -0.3 is 0 Å². The Hall–Kier alpha value is -4.08. The van der Waals surface area contributed by atoms with Crippen molar-refractivity contribution in [3.05, 3.63) is 113 Å². The third-order valence-electron chi connectivity index (χ3n) is 7.94. The third-order valence-corrected chi connectivity index (χ3v) is 9.16. The summed E-state index contributed by atoms with van der Waals surface area (Å²) < 4.78 is 2.71. The summed E-state index contributed by atoms with van der Waals surface area (Å²) in [5.74, 6) is 0.293. The predicted octanol–water partition coefficient (Wildman–Crippen LogP) is 9.07. The molecule has 0 amide bonds. The predicted molar refractivity (Wildman–Crippen MR) is 158 cm³/mol. The molecule has 0 bridgehead atoms. The fourth-order valence-electron chi connectivity index (χ4n) is 6.16. The van der Waals surface area contributed by atoms with E-state index in [4.69, 9.17) is 9.98 Å². The second-order valence-corrected chi connectivity index (χ2v) is 11.1. The normalized spacial score (nSPS) is 19.2. The van der Waals surface area contributed by atoms with Gasteiger partial charge in [-0.05, 0) is 53.3 Å². The number of fused-ring (bicyclic) bond motifs is 7. The standard InChI is InChI=1S/C34H24N2S/c1-2-9-24-23(8-1)25(28-11-5-12-29-27-10-3-4-13-31(27)37-34(28)29)17-18-26(24)30-19-16-22-15-14-21-7-6-20-35-32(21)33(22)36-30/h1,3-8,10-21,32H,2,9H2. The van der Waals surface area contributed by atoms with E-state index in [1.807, 2.05) is 23.6 Å². The summed E-state index contributed by atoms with van der Waals surface area (Å²) in [6, 6.07) is 24.6. The van der Waals surface area contributed by atoms with E-state index < -0.39 is 0 Å². The van der Waals surface area contributed by atoms with Crippen molar-refractivity contribution in [2.24, 2.45) is 10.9 Å². The number of hydrogen-bond donors (Lipinski definition) is 0. The minimum Gasteiger partial charge on any atom is -0.282 e. The van der Waals surface area contributed by atoms with Crippen LogP contribution in [0.25, 0.3) is 54.7 Å². The van der Waals surface area contributed by atoms with Crippen LogP contribution in [0.15, 0.2) is 96.0 Å². The number of benzene rings is 3. The first-order valence-corrected chi connectivity index (χ1v) is 13.8. The fourth-order valence-corrected chi connectivity index (χ4v) is 7.39. The molecule has 2 nitrogen and oxygen atoms in total. The lowest BCUT2D eigenvalue weighted by Crippen LogP contribution is -2.16. The quantitative estimate of drug-likeness (QED) is 0.241. The smallest absolute Gasteiger partial charge is 0.102 e. The van der Waals surface area contributed by atoms with Gasteiger partial charge in [-0.15, -0.1) is 11.3 Å². The molecule has 3 aliphatic rings. The fraction of sp³-hybridized carbons (Fsp3) is 0.118. The van der Waals surface area contributed by atoms with Gasteiger partial charge in [-0.3, -0.25) is 4.99 Å². The molecular formula is C34H24N2S. The van der Waals surface area contributed by atoms with Crippen molar-refractivity contribution in [3.8, 4) is 22.4 Å². The molecule has 0 N–H and O–H groups in total. The summed E-state index contributed by atoms with van der Waals surface area (Å²) in [6.45, 7) is 0. The largest absolute Gasteiger partial charge is 0.282 e. The summed E-state index contributed by atoms with van der Waals surface area (Å²) in [7, 11) is 0. The van der Waals surface area contributed by atoms with E-state index in [1.165, 1.54) is 53.6 Å². The number of dihydropyridines is 1. The van der Waals surface area contributed by atoms with Crippen LogP contribution in [0.2, 0.25) is 0 Å². The lowest BCUT2D eigenvalue weighted by atomic mass is 9.84. The third kappa shape index (κ3) is 3.24. The highest BCUT2D eigenvalue weighted by Crippen LogP contribution is 2.44. The van der Waals surface area contributed by atoms with Crippen LogP contribution in [-0.4, -0.2) is 11.2 Å². The molecular weight excluding hydrogens is 468 g/mol. The van der Waals surface area contributed by atoms with Gasteiger partial charge in [0.1, 0.15) is 6.04 Å². The van der Waals surface area contributed by atoms with Crippen molar-refractivity contribution in [1.82, 2.24) is 4.98 Å². The Morgan fingerprint density at radius 2 is 1.70 bits per heavy atom. The molecule has 5 aromatic rings. The van der Waals surface area contributed by atoms with Gasteiger partial charge in [0, 0.05) is 43.4 Å². The summed E-state index contributed by atoms with van der Waals surface area (Å²) in [5, 5.41) is 2.69. The average Bonchev–Trinajstić information content (AvgIpc) is 3.35. The molecule has 0 radical (unpaired) electrons. The number of thiophene rings is 1. The molecule has 8 rings (SSSR count). The number of pyridine rings is 1. The van der Waals surface area contributed by atoms with Crippen molar-refractivity contribution in [2.45, 2.75) is 18.9 Å². The molecule has 2 aromatic heterocycles. The lowest BCUT2D eigenvalue weighted by molar-refractivity contribution is 0.594. The zero-order chi connectivity index (χ0) is 24.3. The Morgan fingerprint density at radius 3 is 2.70 bits per heavy atom. The van der Waals surface area contributed by atoms with Gasteiger partial charge in [-0.25, -0.2) is 4.98 Å². The van der Waals surface area contributed by atoms with Crippen LogP contribution in [0, 0.1) is 5.92 Å². The van der Waals surface area contributed by atoms with Gasteiger partial charge in [0.15, 0.2) is 0 Å². The SMILES string of the molecule is C1=CC2C=Cc3ccc(-c4ccc(-c5cccc6c5sc5ccccc56)c5c4CCC=C5)nc3C2N=C1. The molecule has 2 aliphatic carbocycles. The zero-order valence-corrected chi connectivity index (χ0v) is 21.1. The molecule has 3 heteroatoms. The maximum Gasteiger partial charge on any atom is 0.102 e. The summed E-state index contributed by atoms with van der Waals surface area (Å²) in [4.78, 5) is 10.0. The minimum absolute atomic E-state index is 0.0745. The molecule has 0 saturated carbocycles. The molecule has 0 spiro atoms. The molecule has 0 fully saturated rings. The maximum atomic E-state index is 5.24. The molecule has 37 heavy (non-hydrogen) atoms. The number of aromatic nitrogens is 1. The highest BCUT2D eigenvalue weighted by Gasteiger charge is 2.27. The van der Waals surface area contributed by atoms with Crippen LogP contribution < -0.4 is 0 Å². The monoisotopic (exact) mass is 492 g/mol. The van der Waals surface area contributed by atoms with E-state index in [0.717, 1.165) is 24.2 Å². The second kappa shape index (κ2) is 8.22. The minimum atomic E-state index is 0.0745. The van der Waals surface area contributed by atoms with Gasteiger partial charge in [0.05, 0.1) is 11.4 Å². The second-order valence-electron chi connectivity index (χ2n) is 10.0. The number of rotatable bonds is 2. The molecule has 2 atom stereocenters.